The van der Waals surface area contributed by atoms with Crippen LogP contribution in [0.25, 0.3) is 10.8 Å². The maximum Gasteiger partial charge on any atom is 0.340 e. The molecule has 35 heavy (non-hydrogen) atoms. The largest absolute Gasteiger partial charge is 0.460 e. The van der Waals surface area contributed by atoms with Gasteiger partial charge < -0.3 is 19.4 Å². The van der Waals surface area contributed by atoms with Gasteiger partial charge in [-0.3, -0.25) is 4.79 Å². The molecule has 186 valence electrons. The number of rotatable bonds is 7. The fourth-order valence-electron chi connectivity index (χ4n) is 4.33. The van der Waals surface area contributed by atoms with Gasteiger partial charge in [-0.25, -0.2) is 13.2 Å². The molecule has 10 heteroatoms. The molecule has 1 amide bonds. The van der Waals surface area contributed by atoms with Gasteiger partial charge >= 0.3 is 5.97 Å². The number of aromatic amines is 1. The molecule has 1 saturated heterocycles. The summed E-state index contributed by atoms with van der Waals surface area (Å²) < 4.78 is 38.0. The van der Waals surface area contributed by atoms with Gasteiger partial charge in [0.15, 0.2) is 0 Å². The van der Waals surface area contributed by atoms with E-state index in [-0.39, 0.29) is 50.2 Å². The number of carbonyl (C=O) groups excluding carboxylic acids is 2. The quantitative estimate of drug-likeness (QED) is 0.396. The van der Waals surface area contributed by atoms with E-state index in [1.165, 1.54) is 11.4 Å². The molecule has 1 aromatic heterocycles. The van der Waals surface area contributed by atoms with Crippen molar-refractivity contribution in [3.8, 4) is 0 Å². The number of nitrogens with zero attached hydrogens (tertiary/aromatic N) is 2. The Morgan fingerprint density at radius 2 is 1.66 bits per heavy atom. The fourth-order valence-corrected chi connectivity index (χ4v) is 5.78. The Morgan fingerprint density at radius 1 is 0.971 bits per heavy atom. The highest BCUT2D eigenvalue weighted by atomic mass is 32.2. The Kier molecular flexibility index (Phi) is 7.25. The Bertz CT molecular complexity index is 1360. The van der Waals surface area contributed by atoms with Crippen molar-refractivity contribution >= 4 is 32.7 Å². The summed E-state index contributed by atoms with van der Waals surface area (Å²) >= 11 is 0. The molecular formula is C25H29N3O6S. The van der Waals surface area contributed by atoms with Crippen molar-refractivity contribution in [2.24, 2.45) is 0 Å². The van der Waals surface area contributed by atoms with Crippen LogP contribution in [0.3, 0.4) is 0 Å². The molecule has 3 aromatic rings. The topological polar surface area (TPSA) is 109 Å². The van der Waals surface area contributed by atoms with Crippen molar-refractivity contribution in [2.75, 3.05) is 46.5 Å². The number of aromatic nitrogens is 1. The van der Waals surface area contributed by atoms with Crippen LogP contribution in [-0.2, 0) is 19.5 Å². The van der Waals surface area contributed by atoms with Crippen LogP contribution in [0.15, 0.2) is 47.4 Å². The van der Waals surface area contributed by atoms with E-state index in [1.54, 1.807) is 36.9 Å². The number of piperazine rings is 1. The van der Waals surface area contributed by atoms with E-state index >= 15 is 0 Å². The van der Waals surface area contributed by atoms with Gasteiger partial charge in [0.25, 0.3) is 5.91 Å². The first kappa shape index (κ1) is 24.9. The van der Waals surface area contributed by atoms with E-state index in [2.05, 4.69) is 4.98 Å². The van der Waals surface area contributed by atoms with Gasteiger partial charge in [0.05, 0.1) is 17.1 Å². The molecule has 1 aliphatic heterocycles. The molecule has 0 atom stereocenters. The molecule has 0 aliphatic carbocycles. The van der Waals surface area contributed by atoms with Crippen LogP contribution in [0.2, 0.25) is 0 Å². The highest BCUT2D eigenvalue weighted by Crippen LogP contribution is 2.24. The minimum absolute atomic E-state index is 0.121. The smallest absolute Gasteiger partial charge is 0.340 e. The molecule has 0 unspecified atom stereocenters. The molecule has 9 nitrogen and oxygen atoms in total. The summed E-state index contributed by atoms with van der Waals surface area (Å²) in [5.74, 6) is -0.789. The normalized spacial score (nSPS) is 14.9. The molecule has 2 heterocycles. The van der Waals surface area contributed by atoms with Crippen molar-refractivity contribution < 1.29 is 27.5 Å². The summed E-state index contributed by atoms with van der Waals surface area (Å²) in [4.78, 5) is 30.5. The molecule has 1 N–H and O–H groups in total. The SMILES string of the molecule is COCCOC(=O)c1c(C)[nH]c(C(=O)N2CCN(S(=O)(=O)c3ccc4ccccc4c3)CC2)c1C. The first-order chi connectivity index (χ1) is 16.7. The summed E-state index contributed by atoms with van der Waals surface area (Å²) in [6, 6.07) is 12.7. The maximum absolute atomic E-state index is 13.2. The summed E-state index contributed by atoms with van der Waals surface area (Å²) in [5, 5.41) is 1.83. The minimum atomic E-state index is -3.68. The minimum Gasteiger partial charge on any atom is -0.460 e. The van der Waals surface area contributed by atoms with E-state index in [9.17, 15) is 18.0 Å². The van der Waals surface area contributed by atoms with Gasteiger partial charge in [-0.2, -0.15) is 4.31 Å². The van der Waals surface area contributed by atoms with E-state index in [0.29, 0.717) is 22.5 Å². The van der Waals surface area contributed by atoms with Gasteiger partial charge in [-0.15, -0.1) is 0 Å². The van der Waals surface area contributed by atoms with E-state index in [1.807, 2.05) is 24.3 Å². The number of fused-ring (bicyclic) bond motifs is 1. The fraction of sp³-hybridized carbons (Fsp3) is 0.360. The Morgan fingerprint density at radius 3 is 2.34 bits per heavy atom. The Balaban J connectivity index is 1.45. The van der Waals surface area contributed by atoms with Crippen molar-refractivity contribution in [2.45, 2.75) is 18.7 Å². The molecule has 2 aromatic carbocycles. The highest BCUT2D eigenvalue weighted by molar-refractivity contribution is 7.89. The molecule has 0 saturated carbocycles. The van der Waals surface area contributed by atoms with Gasteiger partial charge in [0.2, 0.25) is 10.0 Å². The van der Waals surface area contributed by atoms with Crippen molar-refractivity contribution in [1.82, 2.24) is 14.2 Å². The zero-order chi connectivity index (χ0) is 25.2. The van der Waals surface area contributed by atoms with Gasteiger partial charge in [0.1, 0.15) is 12.3 Å². The average Bonchev–Trinajstić information content (AvgIpc) is 3.17. The van der Waals surface area contributed by atoms with Gasteiger partial charge in [0, 0.05) is 39.0 Å². The molecular weight excluding hydrogens is 470 g/mol. The van der Waals surface area contributed by atoms with Crippen LogP contribution in [0.1, 0.15) is 32.1 Å². The van der Waals surface area contributed by atoms with Crippen LogP contribution in [-0.4, -0.2) is 81.0 Å². The second-order valence-electron chi connectivity index (χ2n) is 8.46. The third-order valence-electron chi connectivity index (χ3n) is 6.26. The first-order valence-electron chi connectivity index (χ1n) is 11.4. The van der Waals surface area contributed by atoms with Crippen molar-refractivity contribution in [1.29, 1.82) is 0 Å². The zero-order valence-corrected chi connectivity index (χ0v) is 20.9. The lowest BCUT2D eigenvalue weighted by atomic mass is 10.1. The number of benzene rings is 2. The third-order valence-corrected chi connectivity index (χ3v) is 8.16. The van der Waals surface area contributed by atoms with E-state index in [4.69, 9.17) is 9.47 Å². The van der Waals surface area contributed by atoms with Gasteiger partial charge in [-0.1, -0.05) is 30.3 Å². The van der Waals surface area contributed by atoms with Crippen LogP contribution < -0.4 is 0 Å². The molecule has 1 fully saturated rings. The zero-order valence-electron chi connectivity index (χ0n) is 20.0. The Hall–Kier alpha value is -3.21. The Labute approximate surface area is 204 Å². The molecule has 0 spiro atoms. The van der Waals surface area contributed by atoms with E-state index in [0.717, 1.165) is 10.8 Å². The number of carbonyl (C=O) groups is 2. The second kappa shape index (κ2) is 10.2. The van der Waals surface area contributed by atoms with Crippen LogP contribution in [0.4, 0.5) is 0 Å². The van der Waals surface area contributed by atoms with E-state index < -0.39 is 16.0 Å². The van der Waals surface area contributed by atoms with Crippen LogP contribution >= 0.6 is 0 Å². The summed E-state index contributed by atoms with van der Waals surface area (Å²) in [6.45, 7) is 4.68. The first-order valence-corrected chi connectivity index (χ1v) is 12.8. The van der Waals surface area contributed by atoms with Crippen molar-refractivity contribution in [3.05, 3.63) is 65.0 Å². The maximum atomic E-state index is 13.2. The number of H-pyrrole nitrogens is 1. The summed E-state index contributed by atoms with van der Waals surface area (Å²) in [6.07, 6.45) is 0. The number of ether oxygens (including phenoxy) is 2. The van der Waals surface area contributed by atoms with Crippen LogP contribution in [0, 0.1) is 13.8 Å². The highest BCUT2D eigenvalue weighted by Gasteiger charge is 2.32. The number of amides is 1. The molecule has 0 bridgehead atoms. The molecule has 4 rings (SSSR count). The number of sulfonamides is 1. The average molecular weight is 500 g/mol. The predicted octanol–water partition coefficient (Wildman–Crippen LogP) is 2.73. The summed E-state index contributed by atoms with van der Waals surface area (Å²) in [5.41, 5.74) is 1.71. The molecule has 0 radical (unpaired) electrons. The number of nitrogens with one attached hydrogen (secondary N) is 1. The third kappa shape index (κ3) is 4.95. The summed E-state index contributed by atoms with van der Waals surface area (Å²) in [7, 11) is -2.17. The lowest BCUT2D eigenvalue weighted by Gasteiger charge is -2.34. The van der Waals surface area contributed by atoms with Crippen molar-refractivity contribution in [3.63, 3.8) is 0 Å². The predicted molar refractivity (Wildman–Crippen MR) is 131 cm³/mol. The number of methoxy groups -OCH3 is 1. The number of esters is 1. The lowest BCUT2D eigenvalue weighted by Crippen LogP contribution is -2.50. The number of aryl methyl sites for hydroxylation is 1. The lowest BCUT2D eigenvalue weighted by molar-refractivity contribution is 0.0386. The second-order valence-corrected chi connectivity index (χ2v) is 10.4. The standard InChI is InChI=1S/C25H29N3O6S/c1-17-22(25(30)34-15-14-33-3)18(2)26-23(17)24(29)27-10-12-28(13-11-27)35(31,32)21-9-8-19-6-4-5-7-20(19)16-21/h4-9,16,26H,10-15H2,1-3H3. The monoisotopic (exact) mass is 499 g/mol. The van der Waals surface area contributed by atoms with Gasteiger partial charge in [-0.05, 0) is 42.3 Å². The van der Waals surface area contributed by atoms with Crippen LogP contribution in [0.5, 0.6) is 0 Å². The molecule has 1 aliphatic rings. The number of hydrogen-bond acceptors (Lipinski definition) is 6. The number of hydrogen-bond donors (Lipinski definition) is 1.